The molecule has 2 atom stereocenters. The first-order chi connectivity index (χ1) is 4.80. The summed E-state index contributed by atoms with van der Waals surface area (Å²) < 4.78 is 10.2. The highest BCUT2D eigenvalue weighted by atomic mass is 16.6. The van der Waals surface area contributed by atoms with Gasteiger partial charge in [-0.05, 0) is 0 Å². The second-order valence-corrected chi connectivity index (χ2v) is 2.53. The van der Waals surface area contributed by atoms with Crippen LogP contribution in [0.2, 0.25) is 0 Å². The van der Waals surface area contributed by atoms with Crippen LogP contribution < -0.4 is 0 Å². The van der Waals surface area contributed by atoms with Crippen LogP contribution >= 0.6 is 0 Å². The summed E-state index contributed by atoms with van der Waals surface area (Å²) in [4.78, 5) is 10.4. The van der Waals surface area contributed by atoms with Crippen LogP contribution in [0.3, 0.4) is 0 Å². The average molecular weight is 144 g/mol. The van der Waals surface area contributed by atoms with Crippen molar-refractivity contribution in [2.45, 2.75) is 12.2 Å². The minimum Gasteiger partial charge on any atom is -0.481 e. The van der Waals surface area contributed by atoms with E-state index >= 15 is 0 Å². The van der Waals surface area contributed by atoms with Crippen molar-refractivity contribution >= 4 is 5.97 Å². The molecule has 0 unspecified atom stereocenters. The van der Waals surface area contributed by atoms with Crippen molar-refractivity contribution < 1.29 is 19.4 Å². The normalized spacial score (nSPS) is 44.2. The Labute approximate surface area is 57.7 Å². The molecule has 0 radical (unpaired) electrons. The first-order valence-electron chi connectivity index (χ1n) is 3.27. The summed E-state index contributed by atoms with van der Waals surface area (Å²) in [5.41, 5.74) is 0. The van der Waals surface area contributed by atoms with Crippen molar-refractivity contribution in [1.82, 2.24) is 0 Å². The highest BCUT2D eigenvalue weighted by Crippen LogP contribution is 2.39. The molecule has 1 aliphatic carbocycles. The number of carbonyl (C=O) groups is 1. The van der Waals surface area contributed by atoms with E-state index in [-0.39, 0.29) is 12.2 Å². The van der Waals surface area contributed by atoms with E-state index in [1.807, 2.05) is 0 Å². The summed E-state index contributed by atoms with van der Waals surface area (Å²) in [5.74, 6) is -1.21. The Bertz CT molecular complexity index is 155. The molecule has 10 heavy (non-hydrogen) atoms. The number of carboxylic acids is 1. The number of ether oxygens (including phenoxy) is 2. The minimum atomic E-state index is -0.808. The molecule has 1 saturated heterocycles. The van der Waals surface area contributed by atoms with Gasteiger partial charge in [-0.25, -0.2) is 0 Å². The van der Waals surface area contributed by atoms with Gasteiger partial charge in [-0.15, -0.1) is 0 Å². The van der Waals surface area contributed by atoms with Crippen LogP contribution in [0, 0.1) is 5.92 Å². The number of hydrogen-bond acceptors (Lipinski definition) is 3. The SMILES string of the molecule is O=C(O)C1[C@H]2OCCO[C@H]12. The number of carboxylic acid groups (broad SMARTS) is 1. The lowest BCUT2D eigenvalue weighted by molar-refractivity contribution is -0.139. The number of hydrogen-bond donors (Lipinski definition) is 1. The zero-order valence-corrected chi connectivity index (χ0v) is 5.32. The fourth-order valence-corrected chi connectivity index (χ4v) is 1.30. The molecule has 0 aromatic carbocycles. The predicted molar refractivity (Wildman–Crippen MR) is 30.6 cm³/mol. The second-order valence-electron chi connectivity index (χ2n) is 2.53. The topological polar surface area (TPSA) is 55.8 Å². The molecule has 4 heteroatoms. The third-order valence-electron chi connectivity index (χ3n) is 1.88. The Morgan fingerprint density at radius 2 is 1.80 bits per heavy atom. The summed E-state index contributed by atoms with van der Waals surface area (Å²) in [6.07, 6.45) is -0.322. The van der Waals surface area contributed by atoms with Gasteiger partial charge < -0.3 is 14.6 Å². The van der Waals surface area contributed by atoms with Gasteiger partial charge in [0.25, 0.3) is 0 Å². The maximum Gasteiger partial charge on any atom is 0.312 e. The fraction of sp³-hybridized carbons (Fsp3) is 0.833. The zero-order valence-electron chi connectivity index (χ0n) is 5.32. The van der Waals surface area contributed by atoms with Crippen LogP contribution in [0.25, 0.3) is 0 Å². The smallest absolute Gasteiger partial charge is 0.312 e. The Balaban J connectivity index is 1.99. The maximum absolute atomic E-state index is 10.4. The van der Waals surface area contributed by atoms with Crippen LogP contribution in [0.5, 0.6) is 0 Å². The van der Waals surface area contributed by atoms with Crippen molar-refractivity contribution in [2.75, 3.05) is 13.2 Å². The summed E-state index contributed by atoms with van der Waals surface area (Å²) in [7, 11) is 0. The first kappa shape index (κ1) is 6.12. The van der Waals surface area contributed by atoms with E-state index in [1.54, 1.807) is 0 Å². The van der Waals surface area contributed by atoms with Gasteiger partial charge in [0.05, 0.1) is 13.2 Å². The summed E-state index contributed by atoms with van der Waals surface area (Å²) in [6.45, 7) is 1.07. The minimum absolute atomic E-state index is 0.161. The van der Waals surface area contributed by atoms with E-state index in [1.165, 1.54) is 0 Å². The van der Waals surface area contributed by atoms with Gasteiger partial charge in [-0.1, -0.05) is 0 Å². The van der Waals surface area contributed by atoms with Gasteiger partial charge in [0.15, 0.2) is 0 Å². The molecular weight excluding hydrogens is 136 g/mol. The van der Waals surface area contributed by atoms with Crippen LogP contribution in [0.4, 0.5) is 0 Å². The highest BCUT2D eigenvalue weighted by Gasteiger charge is 2.59. The Kier molecular flexibility index (Phi) is 1.18. The first-order valence-corrected chi connectivity index (χ1v) is 3.27. The Morgan fingerprint density at radius 1 is 1.30 bits per heavy atom. The van der Waals surface area contributed by atoms with Gasteiger partial charge in [0, 0.05) is 0 Å². The van der Waals surface area contributed by atoms with Gasteiger partial charge in [-0.2, -0.15) is 0 Å². The molecule has 0 spiro atoms. The monoisotopic (exact) mass is 144 g/mol. The Hall–Kier alpha value is -0.610. The molecule has 2 aliphatic rings. The van der Waals surface area contributed by atoms with Crippen molar-refractivity contribution in [3.05, 3.63) is 0 Å². The molecule has 1 heterocycles. The predicted octanol–water partition coefficient (Wildman–Crippen LogP) is -0.515. The number of rotatable bonds is 1. The largest absolute Gasteiger partial charge is 0.481 e. The van der Waals surface area contributed by atoms with Gasteiger partial charge in [-0.3, -0.25) is 4.79 Å². The lowest BCUT2D eigenvalue weighted by atomic mass is 10.4. The molecule has 56 valence electrons. The zero-order chi connectivity index (χ0) is 7.14. The molecule has 0 aromatic rings. The van der Waals surface area contributed by atoms with Crippen LogP contribution in [-0.4, -0.2) is 36.5 Å². The third kappa shape index (κ3) is 0.726. The molecule has 4 nitrogen and oxygen atoms in total. The highest BCUT2D eigenvalue weighted by molar-refractivity contribution is 5.75. The van der Waals surface area contributed by atoms with Gasteiger partial charge >= 0.3 is 5.97 Å². The van der Waals surface area contributed by atoms with E-state index in [0.29, 0.717) is 13.2 Å². The standard InChI is InChI=1S/C6H8O4/c7-6(8)3-4-5(3)10-2-1-9-4/h3-5H,1-2H2,(H,7,8)/t4-,5-/m1/s1. The van der Waals surface area contributed by atoms with Crippen LogP contribution in [0.15, 0.2) is 0 Å². The van der Waals surface area contributed by atoms with E-state index in [4.69, 9.17) is 14.6 Å². The molecule has 0 aromatic heterocycles. The van der Waals surface area contributed by atoms with Crippen molar-refractivity contribution in [2.24, 2.45) is 5.92 Å². The van der Waals surface area contributed by atoms with E-state index in [0.717, 1.165) is 0 Å². The van der Waals surface area contributed by atoms with Crippen LogP contribution in [-0.2, 0) is 14.3 Å². The van der Waals surface area contributed by atoms with Crippen LogP contribution in [0.1, 0.15) is 0 Å². The average Bonchev–Trinajstić information content (AvgIpc) is 2.60. The fourth-order valence-electron chi connectivity index (χ4n) is 1.30. The molecule has 1 N–H and O–H groups in total. The third-order valence-corrected chi connectivity index (χ3v) is 1.88. The lowest BCUT2D eigenvalue weighted by Crippen LogP contribution is -2.16. The van der Waals surface area contributed by atoms with E-state index in [2.05, 4.69) is 0 Å². The quantitative estimate of drug-likeness (QED) is 0.538. The number of aliphatic carboxylic acids is 1. The summed E-state index contributed by atoms with van der Waals surface area (Å²) >= 11 is 0. The van der Waals surface area contributed by atoms with Crippen molar-refractivity contribution in [3.63, 3.8) is 0 Å². The Morgan fingerprint density at radius 3 is 2.20 bits per heavy atom. The van der Waals surface area contributed by atoms with E-state index in [9.17, 15) is 4.79 Å². The maximum atomic E-state index is 10.4. The second kappa shape index (κ2) is 1.93. The van der Waals surface area contributed by atoms with Gasteiger partial charge in [0.2, 0.25) is 0 Å². The van der Waals surface area contributed by atoms with Gasteiger partial charge in [0.1, 0.15) is 18.1 Å². The number of fused-ring (bicyclic) bond motifs is 1. The molecule has 2 fully saturated rings. The molecule has 0 amide bonds. The summed E-state index contributed by atoms with van der Waals surface area (Å²) in [5, 5.41) is 8.52. The molecule has 1 saturated carbocycles. The van der Waals surface area contributed by atoms with E-state index < -0.39 is 11.9 Å². The molecular formula is C6H8O4. The van der Waals surface area contributed by atoms with Crippen molar-refractivity contribution in [3.8, 4) is 0 Å². The molecule has 1 aliphatic heterocycles. The molecule has 0 bridgehead atoms. The molecule has 2 rings (SSSR count). The van der Waals surface area contributed by atoms with Crippen molar-refractivity contribution in [1.29, 1.82) is 0 Å². The summed E-state index contributed by atoms with van der Waals surface area (Å²) in [6, 6.07) is 0. The lowest BCUT2D eigenvalue weighted by Gasteiger charge is -2.08.